The van der Waals surface area contributed by atoms with Crippen molar-refractivity contribution in [3.63, 3.8) is 0 Å². The van der Waals surface area contributed by atoms with E-state index in [1.807, 2.05) is 18.3 Å². The fraction of sp³-hybridized carbons (Fsp3) is 0.278. The zero-order valence-corrected chi connectivity index (χ0v) is 12.8. The SMILES string of the molecule is CCc1c(-c2ccc(C(C)C)cc2)nc2ccc(N)cn12. The maximum Gasteiger partial charge on any atom is 0.137 e. The number of nitrogen functional groups attached to an aromatic ring is 1. The van der Waals surface area contributed by atoms with E-state index in [0.717, 1.165) is 23.4 Å². The van der Waals surface area contributed by atoms with Crippen molar-refractivity contribution in [1.29, 1.82) is 0 Å². The van der Waals surface area contributed by atoms with Gasteiger partial charge >= 0.3 is 0 Å². The van der Waals surface area contributed by atoms with Crippen molar-refractivity contribution in [2.75, 3.05) is 5.73 Å². The van der Waals surface area contributed by atoms with E-state index in [1.165, 1.54) is 16.8 Å². The fourth-order valence-corrected chi connectivity index (χ4v) is 2.70. The Kier molecular flexibility index (Phi) is 3.42. The number of benzene rings is 1. The summed E-state index contributed by atoms with van der Waals surface area (Å²) < 4.78 is 2.10. The van der Waals surface area contributed by atoms with Gasteiger partial charge in [-0.1, -0.05) is 45.0 Å². The number of hydrogen-bond acceptors (Lipinski definition) is 2. The molecule has 0 radical (unpaired) electrons. The van der Waals surface area contributed by atoms with Gasteiger partial charge in [-0.3, -0.25) is 0 Å². The highest BCUT2D eigenvalue weighted by Gasteiger charge is 2.12. The summed E-state index contributed by atoms with van der Waals surface area (Å²) in [6.07, 6.45) is 2.87. The number of nitrogens with zero attached hydrogens (tertiary/aromatic N) is 2. The maximum absolute atomic E-state index is 5.90. The van der Waals surface area contributed by atoms with Crippen LogP contribution in [0.15, 0.2) is 42.6 Å². The molecule has 1 aromatic carbocycles. The Labute approximate surface area is 125 Å². The molecule has 3 nitrogen and oxygen atoms in total. The van der Waals surface area contributed by atoms with E-state index in [2.05, 4.69) is 49.4 Å². The molecule has 0 saturated carbocycles. The molecule has 0 unspecified atom stereocenters. The Balaban J connectivity index is 2.15. The minimum Gasteiger partial charge on any atom is -0.398 e. The largest absolute Gasteiger partial charge is 0.398 e. The predicted octanol–water partition coefficient (Wildman–Crippen LogP) is 4.27. The van der Waals surface area contributed by atoms with Crippen LogP contribution in [0.5, 0.6) is 0 Å². The molecule has 0 fully saturated rings. The predicted molar refractivity (Wildman–Crippen MR) is 88.5 cm³/mol. The molecule has 0 bridgehead atoms. The van der Waals surface area contributed by atoms with Gasteiger partial charge in [-0.05, 0) is 30.0 Å². The van der Waals surface area contributed by atoms with Crippen LogP contribution in [-0.2, 0) is 6.42 Å². The van der Waals surface area contributed by atoms with Gasteiger partial charge in [0.1, 0.15) is 5.65 Å². The Morgan fingerprint density at radius 2 is 1.81 bits per heavy atom. The van der Waals surface area contributed by atoms with Crippen LogP contribution in [0.3, 0.4) is 0 Å². The molecular weight excluding hydrogens is 258 g/mol. The van der Waals surface area contributed by atoms with Gasteiger partial charge in [-0.2, -0.15) is 0 Å². The molecular formula is C18H21N3. The zero-order valence-electron chi connectivity index (χ0n) is 12.8. The Bertz CT molecular complexity index is 767. The second kappa shape index (κ2) is 5.24. The van der Waals surface area contributed by atoms with E-state index < -0.39 is 0 Å². The molecule has 3 rings (SSSR count). The highest BCUT2D eigenvalue weighted by molar-refractivity contribution is 5.67. The summed E-state index contributed by atoms with van der Waals surface area (Å²) in [5.41, 5.74) is 12.4. The molecule has 0 aliphatic heterocycles. The fourth-order valence-electron chi connectivity index (χ4n) is 2.70. The van der Waals surface area contributed by atoms with E-state index in [0.29, 0.717) is 5.92 Å². The van der Waals surface area contributed by atoms with Crippen molar-refractivity contribution in [2.24, 2.45) is 0 Å². The van der Waals surface area contributed by atoms with Crippen LogP contribution in [0.25, 0.3) is 16.9 Å². The molecule has 0 aliphatic carbocycles. The van der Waals surface area contributed by atoms with E-state index in [4.69, 9.17) is 10.7 Å². The first-order valence-electron chi connectivity index (χ1n) is 7.47. The standard InChI is InChI=1S/C18H21N3/c1-4-16-18(14-7-5-13(6-8-14)12(2)3)20-17-10-9-15(19)11-21(16)17/h5-12H,4,19H2,1-3H3. The van der Waals surface area contributed by atoms with Gasteiger partial charge in [0.25, 0.3) is 0 Å². The molecule has 0 saturated heterocycles. The second-order valence-corrected chi connectivity index (χ2v) is 5.73. The lowest BCUT2D eigenvalue weighted by Gasteiger charge is -2.07. The molecule has 2 heterocycles. The maximum atomic E-state index is 5.90. The monoisotopic (exact) mass is 279 g/mol. The molecule has 0 aliphatic rings. The lowest BCUT2D eigenvalue weighted by Crippen LogP contribution is -1.95. The number of aromatic nitrogens is 2. The van der Waals surface area contributed by atoms with Crippen LogP contribution < -0.4 is 5.73 Å². The minimum atomic E-state index is 0.547. The number of nitrogens with two attached hydrogens (primary N) is 1. The van der Waals surface area contributed by atoms with Gasteiger partial charge in [-0.25, -0.2) is 4.98 Å². The number of hydrogen-bond donors (Lipinski definition) is 1. The number of fused-ring (bicyclic) bond motifs is 1. The third-order valence-electron chi connectivity index (χ3n) is 3.93. The number of rotatable bonds is 3. The number of pyridine rings is 1. The van der Waals surface area contributed by atoms with Crippen LogP contribution >= 0.6 is 0 Å². The van der Waals surface area contributed by atoms with Gasteiger partial charge in [0.2, 0.25) is 0 Å². The first kappa shape index (κ1) is 13.7. The topological polar surface area (TPSA) is 43.3 Å². The van der Waals surface area contributed by atoms with E-state index in [9.17, 15) is 0 Å². The van der Waals surface area contributed by atoms with Crippen LogP contribution in [0.4, 0.5) is 5.69 Å². The van der Waals surface area contributed by atoms with Crippen molar-refractivity contribution in [3.05, 3.63) is 53.9 Å². The average Bonchev–Trinajstić information content (AvgIpc) is 2.85. The first-order valence-corrected chi connectivity index (χ1v) is 7.47. The molecule has 3 aromatic rings. The Hall–Kier alpha value is -2.29. The smallest absolute Gasteiger partial charge is 0.137 e. The van der Waals surface area contributed by atoms with Gasteiger partial charge in [-0.15, -0.1) is 0 Å². The van der Waals surface area contributed by atoms with Crippen LogP contribution in [0.1, 0.15) is 37.9 Å². The van der Waals surface area contributed by atoms with Crippen molar-refractivity contribution >= 4 is 11.3 Å². The van der Waals surface area contributed by atoms with Crippen molar-refractivity contribution in [1.82, 2.24) is 9.38 Å². The second-order valence-electron chi connectivity index (χ2n) is 5.73. The third kappa shape index (κ3) is 2.40. The Morgan fingerprint density at radius 3 is 2.43 bits per heavy atom. The van der Waals surface area contributed by atoms with Crippen molar-refractivity contribution in [3.8, 4) is 11.3 Å². The molecule has 0 spiro atoms. The highest BCUT2D eigenvalue weighted by Crippen LogP contribution is 2.27. The molecule has 2 aromatic heterocycles. The summed E-state index contributed by atoms with van der Waals surface area (Å²) >= 11 is 0. The summed E-state index contributed by atoms with van der Waals surface area (Å²) in [5.74, 6) is 0.547. The molecule has 2 N–H and O–H groups in total. The summed E-state index contributed by atoms with van der Waals surface area (Å²) in [6.45, 7) is 6.57. The summed E-state index contributed by atoms with van der Waals surface area (Å²) in [6, 6.07) is 12.6. The van der Waals surface area contributed by atoms with Crippen LogP contribution in [0, 0.1) is 0 Å². The molecule has 3 heteroatoms. The van der Waals surface area contributed by atoms with Gasteiger partial charge in [0.05, 0.1) is 11.4 Å². The van der Waals surface area contributed by atoms with Crippen LogP contribution in [0.2, 0.25) is 0 Å². The van der Waals surface area contributed by atoms with Crippen molar-refractivity contribution < 1.29 is 0 Å². The average molecular weight is 279 g/mol. The number of imidazole rings is 1. The number of aryl methyl sites for hydroxylation is 1. The first-order chi connectivity index (χ1) is 10.1. The third-order valence-corrected chi connectivity index (χ3v) is 3.93. The summed E-state index contributed by atoms with van der Waals surface area (Å²) in [7, 11) is 0. The van der Waals surface area contributed by atoms with E-state index in [1.54, 1.807) is 0 Å². The van der Waals surface area contributed by atoms with Gasteiger partial charge < -0.3 is 10.1 Å². The van der Waals surface area contributed by atoms with E-state index >= 15 is 0 Å². The normalized spacial score (nSPS) is 11.4. The lowest BCUT2D eigenvalue weighted by molar-refractivity contribution is 0.867. The van der Waals surface area contributed by atoms with E-state index in [-0.39, 0.29) is 0 Å². The Morgan fingerprint density at radius 1 is 1.10 bits per heavy atom. The quantitative estimate of drug-likeness (QED) is 0.778. The minimum absolute atomic E-state index is 0.547. The summed E-state index contributed by atoms with van der Waals surface area (Å²) in [5, 5.41) is 0. The molecule has 108 valence electrons. The zero-order chi connectivity index (χ0) is 15.0. The molecule has 0 atom stereocenters. The molecule has 21 heavy (non-hydrogen) atoms. The van der Waals surface area contributed by atoms with Crippen molar-refractivity contribution in [2.45, 2.75) is 33.1 Å². The lowest BCUT2D eigenvalue weighted by atomic mass is 10.00. The summed E-state index contributed by atoms with van der Waals surface area (Å²) in [4.78, 5) is 4.78. The number of anilines is 1. The van der Waals surface area contributed by atoms with Gasteiger partial charge in [0, 0.05) is 17.4 Å². The van der Waals surface area contributed by atoms with Gasteiger partial charge in [0.15, 0.2) is 0 Å². The van der Waals surface area contributed by atoms with Crippen LogP contribution in [-0.4, -0.2) is 9.38 Å². The molecule has 0 amide bonds. The highest BCUT2D eigenvalue weighted by atomic mass is 15.0.